The molecule has 0 bridgehead atoms. The molecule has 6 heteroatoms. The van der Waals surface area contributed by atoms with E-state index in [9.17, 15) is 0 Å². The van der Waals surface area contributed by atoms with E-state index < -0.39 is 0 Å². The lowest BCUT2D eigenvalue weighted by molar-refractivity contribution is 0.209. The molecular formula is C21H19ClN2O3. The smallest absolute Gasteiger partial charge is 0.134 e. The average molecular weight is 383 g/mol. The van der Waals surface area contributed by atoms with Gasteiger partial charge in [-0.3, -0.25) is 4.90 Å². The van der Waals surface area contributed by atoms with E-state index >= 15 is 0 Å². The Bertz CT molecular complexity index is 977. The van der Waals surface area contributed by atoms with Crippen LogP contribution in [0.4, 0.5) is 0 Å². The van der Waals surface area contributed by atoms with Gasteiger partial charge in [-0.2, -0.15) is 0 Å². The van der Waals surface area contributed by atoms with Crippen LogP contribution in [0.25, 0.3) is 10.9 Å². The molecule has 0 unspecified atom stereocenters. The lowest BCUT2D eigenvalue weighted by atomic mass is 10.1. The predicted molar refractivity (Wildman–Crippen MR) is 104 cm³/mol. The van der Waals surface area contributed by atoms with E-state index in [2.05, 4.69) is 16.0 Å². The van der Waals surface area contributed by atoms with E-state index in [1.807, 2.05) is 42.5 Å². The number of pyridine rings is 1. The highest BCUT2D eigenvalue weighted by molar-refractivity contribution is 6.30. The Kier molecular flexibility index (Phi) is 5.14. The molecule has 5 nitrogen and oxygen atoms in total. The van der Waals surface area contributed by atoms with Crippen LogP contribution in [0.1, 0.15) is 17.1 Å². The molecule has 0 spiro atoms. The summed E-state index contributed by atoms with van der Waals surface area (Å²) >= 11 is 6.48. The van der Waals surface area contributed by atoms with Crippen LogP contribution in [0, 0.1) is 0 Å². The molecule has 4 rings (SSSR count). The van der Waals surface area contributed by atoms with Crippen LogP contribution in [0.2, 0.25) is 5.15 Å². The second-order valence-corrected chi connectivity index (χ2v) is 6.66. The number of hydrogen-bond donors (Lipinski definition) is 0. The zero-order valence-electron chi connectivity index (χ0n) is 14.9. The Morgan fingerprint density at radius 1 is 0.963 bits per heavy atom. The van der Waals surface area contributed by atoms with Gasteiger partial charge in [0.25, 0.3) is 0 Å². The predicted octanol–water partition coefficient (Wildman–Crippen LogP) is 5.29. The number of furan rings is 2. The Hall–Kier alpha value is -2.76. The fraction of sp³-hybridized carbons (Fsp3) is 0.190. The van der Waals surface area contributed by atoms with Gasteiger partial charge >= 0.3 is 0 Å². The first-order chi connectivity index (χ1) is 13.2. The minimum absolute atomic E-state index is 0.486. The summed E-state index contributed by atoms with van der Waals surface area (Å²) in [5, 5.41) is 1.51. The van der Waals surface area contributed by atoms with Gasteiger partial charge in [0.2, 0.25) is 0 Å². The molecule has 0 aliphatic carbocycles. The number of methoxy groups -OCH3 is 1. The molecule has 0 fully saturated rings. The summed E-state index contributed by atoms with van der Waals surface area (Å²) < 4.78 is 16.3. The van der Waals surface area contributed by atoms with Gasteiger partial charge in [-0.05, 0) is 42.5 Å². The fourth-order valence-electron chi connectivity index (χ4n) is 3.06. The Balaban J connectivity index is 1.62. The van der Waals surface area contributed by atoms with Crippen molar-refractivity contribution in [3.05, 3.63) is 83.3 Å². The summed E-state index contributed by atoms with van der Waals surface area (Å²) in [7, 11) is 1.64. The molecule has 3 aromatic heterocycles. The molecule has 0 amide bonds. The molecule has 1 aromatic carbocycles. The summed E-state index contributed by atoms with van der Waals surface area (Å²) in [5.74, 6) is 2.53. The number of aromatic nitrogens is 1. The van der Waals surface area contributed by atoms with Crippen LogP contribution >= 0.6 is 11.6 Å². The van der Waals surface area contributed by atoms with Crippen LogP contribution < -0.4 is 4.74 Å². The maximum atomic E-state index is 6.48. The molecule has 0 saturated carbocycles. The molecule has 0 aliphatic rings. The second-order valence-electron chi connectivity index (χ2n) is 6.30. The number of fused-ring (bicyclic) bond motifs is 1. The first-order valence-corrected chi connectivity index (χ1v) is 8.99. The molecule has 27 heavy (non-hydrogen) atoms. The lowest BCUT2D eigenvalue weighted by Crippen LogP contribution is -2.22. The highest BCUT2D eigenvalue weighted by Crippen LogP contribution is 2.26. The monoisotopic (exact) mass is 382 g/mol. The fourth-order valence-corrected chi connectivity index (χ4v) is 3.26. The van der Waals surface area contributed by atoms with Crippen molar-refractivity contribution in [2.45, 2.75) is 19.6 Å². The van der Waals surface area contributed by atoms with Crippen LogP contribution in [-0.2, 0) is 19.6 Å². The highest BCUT2D eigenvalue weighted by atomic mass is 35.5. The summed E-state index contributed by atoms with van der Waals surface area (Å²) in [6, 6.07) is 15.6. The summed E-state index contributed by atoms with van der Waals surface area (Å²) in [6.07, 6.45) is 3.36. The largest absolute Gasteiger partial charge is 0.497 e. The molecule has 138 valence electrons. The van der Waals surface area contributed by atoms with Crippen LogP contribution in [-0.4, -0.2) is 17.0 Å². The maximum absolute atomic E-state index is 6.48. The number of ether oxygens (including phenoxy) is 1. The van der Waals surface area contributed by atoms with Crippen molar-refractivity contribution >= 4 is 22.5 Å². The molecule has 0 saturated heterocycles. The van der Waals surface area contributed by atoms with E-state index in [1.54, 1.807) is 19.6 Å². The van der Waals surface area contributed by atoms with Gasteiger partial charge in [-0.25, -0.2) is 4.98 Å². The first-order valence-electron chi connectivity index (χ1n) is 8.61. The van der Waals surface area contributed by atoms with Gasteiger partial charge in [0.1, 0.15) is 22.4 Å². The third-order valence-corrected chi connectivity index (χ3v) is 4.69. The van der Waals surface area contributed by atoms with E-state index in [0.717, 1.165) is 33.7 Å². The molecule has 0 atom stereocenters. The van der Waals surface area contributed by atoms with Crippen LogP contribution in [0.3, 0.4) is 0 Å². The number of benzene rings is 1. The van der Waals surface area contributed by atoms with Gasteiger partial charge < -0.3 is 13.6 Å². The van der Waals surface area contributed by atoms with Crippen molar-refractivity contribution in [1.29, 1.82) is 0 Å². The second kappa shape index (κ2) is 7.86. The summed E-state index contributed by atoms with van der Waals surface area (Å²) in [5.41, 5.74) is 1.76. The number of nitrogens with zero attached hydrogens (tertiary/aromatic N) is 2. The van der Waals surface area contributed by atoms with E-state index in [1.165, 1.54) is 0 Å². The van der Waals surface area contributed by atoms with E-state index in [0.29, 0.717) is 24.8 Å². The van der Waals surface area contributed by atoms with Gasteiger partial charge in [0.15, 0.2) is 0 Å². The van der Waals surface area contributed by atoms with Crippen molar-refractivity contribution in [3.63, 3.8) is 0 Å². The van der Waals surface area contributed by atoms with Crippen molar-refractivity contribution in [3.8, 4) is 5.75 Å². The van der Waals surface area contributed by atoms with Gasteiger partial charge in [-0.1, -0.05) is 11.6 Å². The molecule has 0 radical (unpaired) electrons. The Morgan fingerprint density at radius 3 is 2.26 bits per heavy atom. The zero-order valence-corrected chi connectivity index (χ0v) is 15.6. The van der Waals surface area contributed by atoms with Crippen molar-refractivity contribution in [2.75, 3.05) is 7.11 Å². The van der Waals surface area contributed by atoms with Crippen molar-refractivity contribution in [2.24, 2.45) is 0 Å². The van der Waals surface area contributed by atoms with E-state index in [-0.39, 0.29) is 0 Å². The average Bonchev–Trinajstić information content (AvgIpc) is 3.36. The van der Waals surface area contributed by atoms with Gasteiger partial charge in [0, 0.05) is 23.6 Å². The minimum Gasteiger partial charge on any atom is -0.497 e. The quantitative estimate of drug-likeness (QED) is 0.407. The Morgan fingerprint density at radius 2 is 1.67 bits per heavy atom. The highest BCUT2D eigenvalue weighted by Gasteiger charge is 2.15. The SMILES string of the molecule is COc1ccc2cc(CN(Cc3ccco3)Cc3ccco3)c(Cl)nc2c1. The van der Waals surface area contributed by atoms with Crippen molar-refractivity contribution < 1.29 is 13.6 Å². The third kappa shape index (κ3) is 4.15. The van der Waals surface area contributed by atoms with E-state index in [4.69, 9.17) is 25.2 Å². The lowest BCUT2D eigenvalue weighted by Gasteiger charge is -2.21. The molecule has 4 aromatic rings. The molecule has 0 aliphatic heterocycles. The summed E-state index contributed by atoms with van der Waals surface area (Å²) in [4.78, 5) is 6.75. The number of hydrogen-bond acceptors (Lipinski definition) is 5. The standard InChI is InChI=1S/C21H19ClN2O3/c1-25-17-7-6-15-10-16(21(22)23-20(15)11-17)12-24(13-18-4-2-8-26-18)14-19-5-3-9-27-19/h2-11H,12-14H2,1H3. The van der Waals surface area contributed by atoms with Crippen LogP contribution in [0.15, 0.2) is 69.9 Å². The van der Waals surface area contributed by atoms with Crippen LogP contribution in [0.5, 0.6) is 5.75 Å². The van der Waals surface area contributed by atoms with Gasteiger partial charge in [-0.15, -0.1) is 0 Å². The maximum Gasteiger partial charge on any atom is 0.134 e. The van der Waals surface area contributed by atoms with Crippen molar-refractivity contribution in [1.82, 2.24) is 9.88 Å². The minimum atomic E-state index is 0.486. The normalized spacial score (nSPS) is 11.4. The molecule has 3 heterocycles. The first kappa shape index (κ1) is 17.6. The number of halogens is 1. The number of rotatable bonds is 7. The Labute approximate surface area is 162 Å². The van der Waals surface area contributed by atoms with Gasteiger partial charge in [0.05, 0.1) is 38.2 Å². The molecular weight excluding hydrogens is 364 g/mol. The summed E-state index contributed by atoms with van der Waals surface area (Å²) in [6.45, 7) is 1.91. The molecule has 0 N–H and O–H groups in total. The zero-order chi connectivity index (χ0) is 18.6. The topological polar surface area (TPSA) is 51.6 Å². The third-order valence-electron chi connectivity index (χ3n) is 4.36.